The van der Waals surface area contributed by atoms with Crippen molar-refractivity contribution >= 4 is 38.7 Å². The van der Waals surface area contributed by atoms with E-state index in [9.17, 15) is 0 Å². The van der Waals surface area contributed by atoms with Crippen molar-refractivity contribution in [2.24, 2.45) is 0 Å². The summed E-state index contributed by atoms with van der Waals surface area (Å²) in [6.07, 6.45) is 1.54. The van der Waals surface area contributed by atoms with Crippen LogP contribution < -0.4 is 4.74 Å². The first kappa shape index (κ1) is 14.3. The standard InChI is InChI=1S/C14H12BrClN4O/c1-7(2)9-5-8(15)3-4-10(9)21-13-11-12(18-6-17-11)19-14(16)20-13/h3-7H,1-2H3,(H,17,18,19,20). The van der Waals surface area contributed by atoms with Gasteiger partial charge in [-0.15, -0.1) is 0 Å². The van der Waals surface area contributed by atoms with E-state index >= 15 is 0 Å². The molecule has 21 heavy (non-hydrogen) atoms. The number of nitrogens with zero attached hydrogens (tertiary/aromatic N) is 3. The minimum Gasteiger partial charge on any atom is -0.437 e. The van der Waals surface area contributed by atoms with Gasteiger partial charge in [0.1, 0.15) is 11.3 Å². The molecule has 3 aromatic rings. The molecule has 3 rings (SSSR count). The molecule has 0 amide bonds. The third kappa shape index (κ3) is 2.87. The smallest absolute Gasteiger partial charge is 0.250 e. The summed E-state index contributed by atoms with van der Waals surface area (Å²) in [7, 11) is 0. The SMILES string of the molecule is CC(C)c1cc(Br)ccc1Oc1nc(Cl)nc2nc[nH]c12. The second-order valence-corrected chi connectivity index (χ2v) is 6.09. The van der Waals surface area contributed by atoms with Gasteiger partial charge in [0.2, 0.25) is 11.2 Å². The molecule has 0 saturated heterocycles. The maximum Gasteiger partial charge on any atom is 0.250 e. The van der Waals surface area contributed by atoms with Gasteiger partial charge in [-0.2, -0.15) is 9.97 Å². The molecule has 2 heterocycles. The number of aromatic nitrogens is 4. The molecule has 2 aromatic heterocycles. The van der Waals surface area contributed by atoms with Gasteiger partial charge >= 0.3 is 0 Å². The third-order valence-electron chi connectivity index (χ3n) is 3.03. The normalized spacial score (nSPS) is 11.3. The van der Waals surface area contributed by atoms with Crippen molar-refractivity contribution < 1.29 is 4.74 Å². The van der Waals surface area contributed by atoms with Crippen molar-refractivity contribution in [3.05, 3.63) is 39.8 Å². The zero-order valence-electron chi connectivity index (χ0n) is 11.4. The predicted octanol–water partition coefficient (Wildman–Crippen LogP) is 4.68. The number of halogens is 2. The zero-order valence-corrected chi connectivity index (χ0v) is 13.7. The van der Waals surface area contributed by atoms with E-state index in [1.165, 1.54) is 6.33 Å². The molecule has 0 radical (unpaired) electrons. The summed E-state index contributed by atoms with van der Waals surface area (Å²) in [6, 6.07) is 5.86. The molecule has 0 saturated carbocycles. The Morgan fingerprint density at radius 2 is 2.10 bits per heavy atom. The van der Waals surface area contributed by atoms with Crippen LogP contribution in [0.2, 0.25) is 5.28 Å². The van der Waals surface area contributed by atoms with E-state index in [0.29, 0.717) is 23.0 Å². The van der Waals surface area contributed by atoms with Crippen LogP contribution >= 0.6 is 27.5 Å². The molecule has 0 unspecified atom stereocenters. The molecule has 0 bridgehead atoms. The molecule has 0 atom stereocenters. The number of benzene rings is 1. The highest BCUT2D eigenvalue weighted by atomic mass is 79.9. The van der Waals surface area contributed by atoms with Crippen molar-refractivity contribution in [2.45, 2.75) is 19.8 Å². The van der Waals surface area contributed by atoms with Gasteiger partial charge in [-0.25, -0.2) is 4.98 Å². The molecule has 5 nitrogen and oxygen atoms in total. The summed E-state index contributed by atoms with van der Waals surface area (Å²) >= 11 is 9.39. The maximum atomic E-state index is 5.95. The van der Waals surface area contributed by atoms with E-state index in [1.807, 2.05) is 18.2 Å². The van der Waals surface area contributed by atoms with Gasteiger partial charge in [0.05, 0.1) is 6.33 Å². The monoisotopic (exact) mass is 366 g/mol. The Morgan fingerprint density at radius 1 is 1.29 bits per heavy atom. The van der Waals surface area contributed by atoms with E-state index in [4.69, 9.17) is 16.3 Å². The van der Waals surface area contributed by atoms with Crippen LogP contribution in [0.15, 0.2) is 29.0 Å². The zero-order chi connectivity index (χ0) is 15.0. The number of fused-ring (bicyclic) bond motifs is 1. The van der Waals surface area contributed by atoms with Crippen LogP contribution in [0.5, 0.6) is 11.6 Å². The molecule has 0 aliphatic rings. The van der Waals surface area contributed by atoms with E-state index < -0.39 is 0 Å². The lowest BCUT2D eigenvalue weighted by Crippen LogP contribution is -1.97. The van der Waals surface area contributed by atoms with Crippen LogP contribution in [0.1, 0.15) is 25.3 Å². The van der Waals surface area contributed by atoms with Gasteiger partial charge in [-0.05, 0) is 41.3 Å². The average Bonchev–Trinajstić information content (AvgIpc) is 2.88. The number of hydrogen-bond donors (Lipinski definition) is 1. The minimum absolute atomic E-state index is 0.104. The molecule has 1 aromatic carbocycles. The topological polar surface area (TPSA) is 63.7 Å². The number of hydrogen-bond acceptors (Lipinski definition) is 4. The molecule has 1 N–H and O–H groups in total. The number of rotatable bonds is 3. The first-order valence-corrected chi connectivity index (χ1v) is 7.55. The number of aromatic amines is 1. The Bertz CT molecular complexity index is 803. The van der Waals surface area contributed by atoms with Crippen LogP contribution in [0.25, 0.3) is 11.2 Å². The number of imidazole rings is 1. The fourth-order valence-corrected chi connectivity index (χ4v) is 2.56. The summed E-state index contributed by atoms with van der Waals surface area (Å²) in [5, 5.41) is 0.104. The quantitative estimate of drug-likeness (QED) is 0.682. The summed E-state index contributed by atoms with van der Waals surface area (Å²) in [5.74, 6) is 1.41. The lowest BCUT2D eigenvalue weighted by atomic mass is 10.0. The Balaban J connectivity index is 2.08. The molecule has 0 aliphatic carbocycles. The van der Waals surface area contributed by atoms with Gasteiger partial charge in [0.15, 0.2) is 5.65 Å². The highest BCUT2D eigenvalue weighted by Gasteiger charge is 2.14. The van der Waals surface area contributed by atoms with E-state index in [-0.39, 0.29) is 5.28 Å². The fourth-order valence-electron chi connectivity index (χ4n) is 2.02. The van der Waals surface area contributed by atoms with Gasteiger partial charge < -0.3 is 9.72 Å². The highest BCUT2D eigenvalue weighted by Crippen LogP contribution is 2.34. The summed E-state index contributed by atoms with van der Waals surface area (Å²) in [4.78, 5) is 15.2. The highest BCUT2D eigenvalue weighted by molar-refractivity contribution is 9.10. The third-order valence-corrected chi connectivity index (χ3v) is 3.69. The Labute approximate surface area is 134 Å². The molecule has 108 valence electrons. The van der Waals surface area contributed by atoms with Crippen LogP contribution in [0, 0.1) is 0 Å². The fraction of sp³-hybridized carbons (Fsp3) is 0.214. The van der Waals surface area contributed by atoms with Gasteiger partial charge in [0, 0.05) is 4.47 Å². The van der Waals surface area contributed by atoms with Gasteiger partial charge in [-0.3, -0.25) is 0 Å². The van der Waals surface area contributed by atoms with E-state index in [0.717, 1.165) is 15.8 Å². The molecular formula is C14H12BrClN4O. The molecular weight excluding hydrogens is 356 g/mol. The van der Waals surface area contributed by atoms with Gasteiger partial charge in [-0.1, -0.05) is 29.8 Å². The molecule has 7 heteroatoms. The van der Waals surface area contributed by atoms with E-state index in [1.54, 1.807) is 0 Å². The minimum atomic E-state index is 0.104. The molecule has 0 fully saturated rings. The summed E-state index contributed by atoms with van der Waals surface area (Å²) in [5.41, 5.74) is 2.18. The molecule has 0 spiro atoms. The lowest BCUT2D eigenvalue weighted by molar-refractivity contribution is 0.458. The lowest BCUT2D eigenvalue weighted by Gasteiger charge is -2.14. The second-order valence-electron chi connectivity index (χ2n) is 4.84. The van der Waals surface area contributed by atoms with Crippen molar-refractivity contribution in [1.82, 2.24) is 19.9 Å². The molecule has 0 aliphatic heterocycles. The van der Waals surface area contributed by atoms with E-state index in [2.05, 4.69) is 49.7 Å². The maximum absolute atomic E-state index is 5.95. The number of H-pyrrole nitrogens is 1. The van der Waals surface area contributed by atoms with Gasteiger partial charge in [0.25, 0.3) is 0 Å². The van der Waals surface area contributed by atoms with Crippen molar-refractivity contribution in [1.29, 1.82) is 0 Å². The number of ether oxygens (including phenoxy) is 1. The first-order valence-electron chi connectivity index (χ1n) is 6.38. The Morgan fingerprint density at radius 3 is 2.86 bits per heavy atom. The van der Waals surface area contributed by atoms with Crippen LogP contribution in [-0.4, -0.2) is 19.9 Å². The summed E-state index contributed by atoms with van der Waals surface area (Å²) in [6.45, 7) is 4.21. The Kier molecular flexibility index (Phi) is 3.82. The average molecular weight is 368 g/mol. The van der Waals surface area contributed by atoms with Crippen LogP contribution in [0.4, 0.5) is 0 Å². The van der Waals surface area contributed by atoms with Crippen molar-refractivity contribution in [3.8, 4) is 11.6 Å². The second kappa shape index (κ2) is 5.61. The largest absolute Gasteiger partial charge is 0.437 e. The number of nitrogens with one attached hydrogen (secondary N) is 1. The summed E-state index contributed by atoms with van der Waals surface area (Å²) < 4.78 is 6.96. The predicted molar refractivity (Wildman–Crippen MR) is 85.0 cm³/mol. The first-order chi connectivity index (χ1) is 10.0. The Hall–Kier alpha value is -1.66. The van der Waals surface area contributed by atoms with Crippen molar-refractivity contribution in [2.75, 3.05) is 0 Å². The van der Waals surface area contributed by atoms with Crippen LogP contribution in [-0.2, 0) is 0 Å². The van der Waals surface area contributed by atoms with Crippen molar-refractivity contribution in [3.63, 3.8) is 0 Å². The van der Waals surface area contributed by atoms with Crippen LogP contribution in [0.3, 0.4) is 0 Å².